The number of piperazine rings is 1. The zero-order chi connectivity index (χ0) is 23.5. The number of hydrogen-bond acceptors (Lipinski definition) is 7. The number of primary amides is 1. The zero-order valence-corrected chi connectivity index (χ0v) is 20.6. The van der Waals surface area contributed by atoms with E-state index in [-0.39, 0.29) is 17.9 Å². The van der Waals surface area contributed by atoms with Gasteiger partial charge in [0.1, 0.15) is 10.8 Å². The minimum atomic E-state index is -0.259. The standard InChI is InChI=1S/C25H34N6O2S/c1-18(25-27-24(34-28-25)17-30-11-9-29(10-12-30)16-23(26)32)22-14-19(7-13-33-22)15-31-8-6-20-4-2-3-5-21(20)31/h2-6,8,18-19,22H,7,9-17H2,1H3,(H2,26,32). The van der Waals surface area contributed by atoms with Crippen LogP contribution in [-0.4, -0.2) is 75.1 Å². The number of aromatic nitrogens is 3. The van der Waals surface area contributed by atoms with Crippen molar-refractivity contribution in [1.82, 2.24) is 23.7 Å². The van der Waals surface area contributed by atoms with Crippen molar-refractivity contribution in [3.63, 3.8) is 0 Å². The van der Waals surface area contributed by atoms with E-state index in [1.807, 2.05) is 0 Å². The molecule has 0 saturated carbocycles. The Bertz CT molecular complexity index is 1110. The molecule has 2 fully saturated rings. The third kappa shape index (κ3) is 5.49. The van der Waals surface area contributed by atoms with Crippen LogP contribution in [0.2, 0.25) is 0 Å². The second kappa shape index (κ2) is 10.5. The lowest BCUT2D eigenvalue weighted by Crippen LogP contribution is -2.48. The lowest BCUT2D eigenvalue weighted by atomic mass is 9.89. The molecule has 0 spiro atoms. The van der Waals surface area contributed by atoms with Crippen molar-refractivity contribution in [2.75, 3.05) is 39.3 Å². The Kier molecular flexibility index (Phi) is 7.24. The third-order valence-electron chi connectivity index (χ3n) is 7.21. The first-order chi connectivity index (χ1) is 16.5. The highest BCUT2D eigenvalue weighted by molar-refractivity contribution is 7.05. The molecule has 2 aliphatic rings. The number of rotatable bonds is 8. The molecular weight excluding hydrogens is 448 g/mol. The summed E-state index contributed by atoms with van der Waals surface area (Å²) in [5, 5.41) is 2.35. The average molecular weight is 483 g/mol. The molecule has 3 unspecified atom stereocenters. The highest BCUT2D eigenvalue weighted by Crippen LogP contribution is 2.32. The predicted molar refractivity (Wildman–Crippen MR) is 134 cm³/mol. The van der Waals surface area contributed by atoms with Gasteiger partial charge in [0.05, 0.1) is 19.2 Å². The summed E-state index contributed by atoms with van der Waals surface area (Å²) in [5.74, 6) is 1.42. The monoisotopic (exact) mass is 482 g/mol. The van der Waals surface area contributed by atoms with Crippen molar-refractivity contribution in [2.24, 2.45) is 11.7 Å². The van der Waals surface area contributed by atoms with Crippen LogP contribution in [0.3, 0.4) is 0 Å². The van der Waals surface area contributed by atoms with Crippen LogP contribution in [0.25, 0.3) is 10.9 Å². The van der Waals surface area contributed by atoms with E-state index in [0.29, 0.717) is 12.5 Å². The van der Waals surface area contributed by atoms with Crippen molar-refractivity contribution in [2.45, 2.75) is 44.9 Å². The number of carbonyl (C=O) groups is 1. The van der Waals surface area contributed by atoms with Gasteiger partial charge in [0.2, 0.25) is 5.91 Å². The van der Waals surface area contributed by atoms with Gasteiger partial charge in [-0.3, -0.25) is 14.6 Å². The summed E-state index contributed by atoms with van der Waals surface area (Å²) in [6.45, 7) is 8.73. The maximum absolute atomic E-state index is 11.1. The molecular formula is C25H34N6O2S. The number of amides is 1. The van der Waals surface area contributed by atoms with E-state index in [1.54, 1.807) is 0 Å². The summed E-state index contributed by atoms with van der Waals surface area (Å²) >= 11 is 1.50. The van der Waals surface area contributed by atoms with E-state index >= 15 is 0 Å². The molecule has 3 atom stereocenters. The molecule has 8 nitrogen and oxygen atoms in total. The summed E-state index contributed by atoms with van der Waals surface area (Å²) in [6, 6.07) is 10.8. The second-order valence-corrected chi connectivity index (χ2v) is 10.5. The Labute approximate surface area is 204 Å². The number of nitrogens with two attached hydrogens (primary N) is 1. The molecule has 2 N–H and O–H groups in total. The SMILES string of the molecule is CC(c1nsc(CN2CCN(CC(N)=O)CC2)n1)C1CC(Cn2ccc3ccccc32)CCO1. The van der Waals surface area contributed by atoms with Crippen LogP contribution in [-0.2, 0) is 22.6 Å². The molecule has 1 amide bonds. The number of fused-ring (bicyclic) bond motifs is 1. The fourth-order valence-corrected chi connectivity index (χ4v) is 5.97. The van der Waals surface area contributed by atoms with Crippen LogP contribution in [0, 0.1) is 5.92 Å². The molecule has 2 saturated heterocycles. The largest absolute Gasteiger partial charge is 0.377 e. The van der Waals surface area contributed by atoms with Crippen LogP contribution in [0.1, 0.15) is 36.5 Å². The third-order valence-corrected chi connectivity index (χ3v) is 7.92. The van der Waals surface area contributed by atoms with Gasteiger partial charge in [0.15, 0.2) is 0 Å². The Hall–Kier alpha value is -2.33. The van der Waals surface area contributed by atoms with Gasteiger partial charge in [-0.15, -0.1) is 0 Å². The maximum atomic E-state index is 11.1. The van der Waals surface area contributed by atoms with Crippen LogP contribution in [0.15, 0.2) is 36.5 Å². The second-order valence-electron chi connectivity index (χ2n) is 9.68. The molecule has 5 rings (SSSR count). The first kappa shape index (κ1) is 23.4. The fraction of sp³-hybridized carbons (Fsp3) is 0.560. The normalized spacial score (nSPS) is 23.3. The molecule has 0 bridgehead atoms. The highest BCUT2D eigenvalue weighted by atomic mass is 32.1. The molecule has 2 aromatic heterocycles. The van der Waals surface area contributed by atoms with E-state index in [2.05, 4.69) is 57.8 Å². The smallest absolute Gasteiger partial charge is 0.231 e. The maximum Gasteiger partial charge on any atom is 0.231 e. The number of hydrogen-bond donors (Lipinski definition) is 1. The average Bonchev–Trinajstić information content (AvgIpc) is 3.47. The number of benzene rings is 1. The van der Waals surface area contributed by atoms with Gasteiger partial charge in [0.25, 0.3) is 0 Å². The number of ether oxygens (including phenoxy) is 1. The quantitative estimate of drug-likeness (QED) is 0.531. The van der Waals surface area contributed by atoms with E-state index in [9.17, 15) is 4.79 Å². The zero-order valence-electron chi connectivity index (χ0n) is 19.8. The van der Waals surface area contributed by atoms with Crippen LogP contribution >= 0.6 is 11.5 Å². The Balaban J connectivity index is 1.15. The molecule has 3 aromatic rings. The molecule has 1 aromatic carbocycles. The van der Waals surface area contributed by atoms with Crippen molar-refractivity contribution in [3.05, 3.63) is 47.4 Å². The first-order valence-electron chi connectivity index (χ1n) is 12.3. The van der Waals surface area contributed by atoms with Gasteiger partial charge < -0.3 is 15.0 Å². The van der Waals surface area contributed by atoms with E-state index < -0.39 is 0 Å². The lowest BCUT2D eigenvalue weighted by molar-refractivity contribution is -0.119. The van der Waals surface area contributed by atoms with Gasteiger partial charge in [-0.1, -0.05) is 25.1 Å². The summed E-state index contributed by atoms with van der Waals surface area (Å²) < 4.78 is 13.3. The van der Waals surface area contributed by atoms with E-state index in [0.717, 1.165) is 69.5 Å². The Morgan fingerprint density at radius 3 is 2.82 bits per heavy atom. The Morgan fingerprint density at radius 2 is 2.00 bits per heavy atom. The fourth-order valence-electron chi connectivity index (χ4n) is 5.19. The first-order valence-corrected chi connectivity index (χ1v) is 13.0. The number of para-hydroxylation sites is 1. The van der Waals surface area contributed by atoms with Crippen LogP contribution < -0.4 is 5.73 Å². The molecule has 34 heavy (non-hydrogen) atoms. The van der Waals surface area contributed by atoms with Crippen LogP contribution in [0.5, 0.6) is 0 Å². The molecule has 182 valence electrons. The molecule has 9 heteroatoms. The van der Waals surface area contributed by atoms with Gasteiger partial charge in [-0.25, -0.2) is 4.98 Å². The Morgan fingerprint density at radius 1 is 1.21 bits per heavy atom. The summed E-state index contributed by atoms with van der Waals surface area (Å²) in [4.78, 5) is 20.5. The van der Waals surface area contributed by atoms with E-state index in [4.69, 9.17) is 19.8 Å². The van der Waals surface area contributed by atoms with E-state index in [1.165, 1.54) is 22.4 Å². The summed E-state index contributed by atoms with van der Waals surface area (Å²) in [6.07, 6.45) is 4.48. The van der Waals surface area contributed by atoms with Crippen molar-refractivity contribution in [3.8, 4) is 0 Å². The van der Waals surface area contributed by atoms with Gasteiger partial charge >= 0.3 is 0 Å². The van der Waals surface area contributed by atoms with Gasteiger partial charge in [-0.05, 0) is 47.8 Å². The summed E-state index contributed by atoms with van der Waals surface area (Å²) in [7, 11) is 0. The number of nitrogens with zero attached hydrogens (tertiary/aromatic N) is 5. The van der Waals surface area contributed by atoms with Crippen LogP contribution in [0.4, 0.5) is 0 Å². The van der Waals surface area contributed by atoms with Crippen molar-refractivity contribution < 1.29 is 9.53 Å². The van der Waals surface area contributed by atoms with Crippen molar-refractivity contribution in [1.29, 1.82) is 0 Å². The molecule has 4 heterocycles. The minimum absolute atomic E-state index is 0.153. The summed E-state index contributed by atoms with van der Waals surface area (Å²) in [5.41, 5.74) is 6.62. The molecule has 2 aliphatic heterocycles. The topological polar surface area (TPSA) is 89.5 Å². The van der Waals surface area contributed by atoms with Crippen molar-refractivity contribution >= 4 is 28.3 Å². The molecule has 0 radical (unpaired) electrons. The van der Waals surface area contributed by atoms with Gasteiger partial charge in [0, 0.05) is 57.0 Å². The molecule has 0 aliphatic carbocycles. The van der Waals surface area contributed by atoms with Gasteiger partial charge in [-0.2, -0.15) is 4.37 Å². The highest BCUT2D eigenvalue weighted by Gasteiger charge is 2.30. The minimum Gasteiger partial charge on any atom is -0.377 e. The number of carbonyl (C=O) groups excluding carboxylic acids is 1. The lowest BCUT2D eigenvalue weighted by Gasteiger charge is -2.33. The predicted octanol–water partition coefficient (Wildman–Crippen LogP) is 2.69.